The van der Waals surface area contributed by atoms with Crippen LogP contribution in [0.1, 0.15) is 49.1 Å². The summed E-state index contributed by atoms with van der Waals surface area (Å²) in [6.45, 7) is 6.47. The van der Waals surface area contributed by atoms with Crippen LogP contribution in [-0.4, -0.2) is 42.5 Å². The van der Waals surface area contributed by atoms with E-state index < -0.39 is 0 Å². The molecule has 164 valence electrons. The van der Waals surface area contributed by atoms with Gasteiger partial charge >= 0.3 is 0 Å². The quantitative estimate of drug-likeness (QED) is 0.373. The molecule has 1 aromatic carbocycles. The van der Waals surface area contributed by atoms with Crippen LogP contribution in [0.15, 0.2) is 29.3 Å². The largest absolute Gasteiger partial charge is 0.497 e. The van der Waals surface area contributed by atoms with Gasteiger partial charge in [0.2, 0.25) is 0 Å². The summed E-state index contributed by atoms with van der Waals surface area (Å²) < 4.78 is 13.7. The van der Waals surface area contributed by atoms with Crippen molar-refractivity contribution in [3.63, 3.8) is 0 Å². The van der Waals surface area contributed by atoms with Crippen molar-refractivity contribution >= 4 is 5.96 Å². The van der Waals surface area contributed by atoms with Crippen LogP contribution in [0.25, 0.3) is 0 Å². The van der Waals surface area contributed by atoms with Crippen molar-refractivity contribution in [3.8, 4) is 11.5 Å². The van der Waals surface area contributed by atoms with Gasteiger partial charge in [-0.05, 0) is 64.2 Å². The average molecular weight is 414 g/mol. The standard InChI is InChI=1S/C23H35N5O2/c1-17-14-18(2)28(27-17)13-7-12-25-23(24-3)26-16-19-10-11-21(29-4)15-22(19)30-20-8-5-6-9-20/h10-11,14-15,20H,5-9,12-13,16H2,1-4H3,(H2,24,25,26). The van der Waals surface area contributed by atoms with Gasteiger partial charge in [-0.2, -0.15) is 5.10 Å². The number of aliphatic imine (C=N–C) groups is 1. The molecule has 0 saturated heterocycles. The molecule has 1 aromatic heterocycles. The number of aryl methyl sites for hydroxylation is 3. The average Bonchev–Trinajstić information content (AvgIpc) is 3.37. The molecule has 1 aliphatic rings. The van der Waals surface area contributed by atoms with E-state index in [0.717, 1.165) is 61.1 Å². The lowest BCUT2D eigenvalue weighted by atomic mass is 10.2. The lowest BCUT2D eigenvalue weighted by Crippen LogP contribution is -2.37. The third-order valence-electron chi connectivity index (χ3n) is 5.48. The summed E-state index contributed by atoms with van der Waals surface area (Å²) >= 11 is 0. The number of hydrogen-bond acceptors (Lipinski definition) is 4. The predicted octanol–water partition coefficient (Wildman–Crippen LogP) is 3.59. The van der Waals surface area contributed by atoms with Crippen LogP contribution >= 0.6 is 0 Å². The van der Waals surface area contributed by atoms with E-state index in [1.165, 1.54) is 18.5 Å². The van der Waals surface area contributed by atoms with E-state index in [1.54, 1.807) is 14.2 Å². The highest BCUT2D eigenvalue weighted by Crippen LogP contribution is 2.29. The SMILES string of the molecule is CN=C(NCCCn1nc(C)cc1C)NCc1ccc(OC)cc1OC1CCCC1. The third kappa shape index (κ3) is 6.15. The van der Waals surface area contributed by atoms with Gasteiger partial charge in [0.05, 0.1) is 18.9 Å². The van der Waals surface area contributed by atoms with Crippen LogP contribution in [0.3, 0.4) is 0 Å². The molecule has 7 heteroatoms. The van der Waals surface area contributed by atoms with Gasteiger partial charge < -0.3 is 20.1 Å². The normalized spacial score (nSPS) is 14.7. The van der Waals surface area contributed by atoms with Gasteiger partial charge in [-0.1, -0.05) is 0 Å². The number of rotatable bonds is 9. The molecular weight excluding hydrogens is 378 g/mol. The topological polar surface area (TPSA) is 72.7 Å². The summed E-state index contributed by atoms with van der Waals surface area (Å²) in [4.78, 5) is 4.34. The molecule has 0 spiro atoms. The molecule has 0 atom stereocenters. The Kier molecular flexibility index (Phi) is 7.99. The van der Waals surface area contributed by atoms with Crippen molar-refractivity contribution in [2.45, 2.75) is 65.1 Å². The Morgan fingerprint density at radius 3 is 2.67 bits per heavy atom. The summed E-state index contributed by atoms with van der Waals surface area (Å²) in [5.74, 6) is 2.50. The Balaban J connectivity index is 1.50. The minimum absolute atomic E-state index is 0.308. The zero-order chi connectivity index (χ0) is 21.3. The summed E-state index contributed by atoms with van der Waals surface area (Å²) in [7, 11) is 3.48. The van der Waals surface area contributed by atoms with Gasteiger partial charge in [0, 0.05) is 44.0 Å². The molecule has 2 aromatic rings. The van der Waals surface area contributed by atoms with Gasteiger partial charge in [-0.3, -0.25) is 9.67 Å². The third-order valence-corrected chi connectivity index (χ3v) is 5.48. The van der Waals surface area contributed by atoms with Crippen LogP contribution in [0.4, 0.5) is 0 Å². The first kappa shape index (κ1) is 22.0. The number of nitrogens with zero attached hydrogens (tertiary/aromatic N) is 3. The second-order valence-corrected chi connectivity index (χ2v) is 7.85. The van der Waals surface area contributed by atoms with Crippen LogP contribution in [0, 0.1) is 13.8 Å². The molecule has 3 rings (SSSR count). The minimum atomic E-state index is 0.308. The summed E-state index contributed by atoms with van der Waals surface area (Å²) in [6, 6.07) is 8.13. The molecule has 2 N–H and O–H groups in total. The number of nitrogens with one attached hydrogen (secondary N) is 2. The first-order valence-corrected chi connectivity index (χ1v) is 10.9. The zero-order valence-electron chi connectivity index (χ0n) is 18.7. The first-order valence-electron chi connectivity index (χ1n) is 10.9. The van der Waals surface area contributed by atoms with Crippen LogP contribution in [-0.2, 0) is 13.1 Å². The highest BCUT2D eigenvalue weighted by atomic mass is 16.5. The number of aromatic nitrogens is 2. The van der Waals surface area contributed by atoms with Crippen LogP contribution in [0.2, 0.25) is 0 Å². The molecule has 1 saturated carbocycles. The Hall–Kier alpha value is -2.70. The van der Waals surface area contributed by atoms with Gasteiger partial charge in [0.15, 0.2) is 5.96 Å². The number of ether oxygens (including phenoxy) is 2. The van der Waals surface area contributed by atoms with Gasteiger partial charge in [-0.25, -0.2) is 0 Å². The number of guanidine groups is 1. The van der Waals surface area contributed by atoms with E-state index in [-0.39, 0.29) is 0 Å². The summed E-state index contributed by atoms with van der Waals surface area (Å²) in [5.41, 5.74) is 3.37. The Bertz CT molecular complexity index is 840. The maximum Gasteiger partial charge on any atom is 0.191 e. The molecule has 0 unspecified atom stereocenters. The van der Waals surface area contributed by atoms with E-state index in [9.17, 15) is 0 Å². The zero-order valence-corrected chi connectivity index (χ0v) is 18.7. The van der Waals surface area contributed by atoms with Gasteiger partial charge in [0.1, 0.15) is 11.5 Å². The Morgan fingerprint density at radius 1 is 1.20 bits per heavy atom. The summed E-state index contributed by atoms with van der Waals surface area (Å²) in [6.07, 6.45) is 6.03. The Morgan fingerprint density at radius 2 is 2.00 bits per heavy atom. The van der Waals surface area contributed by atoms with Crippen molar-refractivity contribution in [3.05, 3.63) is 41.2 Å². The molecule has 0 amide bonds. The molecule has 0 radical (unpaired) electrons. The van der Waals surface area contributed by atoms with Crippen molar-refractivity contribution in [2.75, 3.05) is 20.7 Å². The fraction of sp³-hybridized carbons (Fsp3) is 0.565. The molecule has 0 aliphatic heterocycles. The lowest BCUT2D eigenvalue weighted by Gasteiger charge is -2.19. The van der Waals surface area contributed by atoms with Crippen molar-refractivity contribution in [1.29, 1.82) is 0 Å². The number of benzene rings is 1. The predicted molar refractivity (Wildman–Crippen MR) is 120 cm³/mol. The van der Waals surface area contributed by atoms with Crippen molar-refractivity contribution in [2.24, 2.45) is 4.99 Å². The molecule has 1 aliphatic carbocycles. The van der Waals surface area contributed by atoms with E-state index >= 15 is 0 Å². The maximum atomic E-state index is 6.29. The highest BCUT2D eigenvalue weighted by molar-refractivity contribution is 5.79. The number of hydrogen-bond donors (Lipinski definition) is 2. The molecule has 0 bridgehead atoms. The fourth-order valence-corrected chi connectivity index (χ4v) is 3.84. The van der Waals surface area contributed by atoms with E-state index in [4.69, 9.17) is 9.47 Å². The molecule has 1 heterocycles. The van der Waals surface area contributed by atoms with E-state index in [0.29, 0.717) is 12.6 Å². The van der Waals surface area contributed by atoms with Crippen LogP contribution < -0.4 is 20.1 Å². The Labute approximate surface area is 179 Å². The van der Waals surface area contributed by atoms with Gasteiger partial charge in [0.25, 0.3) is 0 Å². The van der Waals surface area contributed by atoms with Crippen molar-refractivity contribution in [1.82, 2.24) is 20.4 Å². The van der Waals surface area contributed by atoms with Crippen molar-refractivity contribution < 1.29 is 9.47 Å². The summed E-state index contributed by atoms with van der Waals surface area (Å²) in [5, 5.41) is 11.3. The number of methoxy groups -OCH3 is 1. The second-order valence-electron chi connectivity index (χ2n) is 7.85. The molecule has 7 nitrogen and oxygen atoms in total. The van der Waals surface area contributed by atoms with E-state index in [2.05, 4.69) is 44.5 Å². The molecule has 30 heavy (non-hydrogen) atoms. The monoisotopic (exact) mass is 413 g/mol. The maximum absolute atomic E-state index is 6.29. The minimum Gasteiger partial charge on any atom is -0.497 e. The highest BCUT2D eigenvalue weighted by Gasteiger charge is 2.18. The molecule has 1 fully saturated rings. The second kappa shape index (κ2) is 10.9. The smallest absolute Gasteiger partial charge is 0.191 e. The van der Waals surface area contributed by atoms with Gasteiger partial charge in [-0.15, -0.1) is 0 Å². The lowest BCUT2D eigenvalue weighted by molar-refractivity contribution is 0.207. The van der Waals surface area contributed by atoms with Crippen LogP contribution in [0.5, 0.6) is 11.5 Å². The first-order chi connectivity index (χ1) is 14.6. The fourth-order valence-electron chi connectivity index (χ4n) is 3.84. The molecular formula is C23H35N5O2. The van der Waals surface area contributed by atoms with E-state index in [1.807, 2.05) is 19.1 Å².